The van der Waals surface area contributed by atoms with Crippen molar-refractivity contribution in [2.45, 2.75) is 33.9 Å². The Morgan fingerprint density at radius 3 is 2.69 bits per heavy atom. The van der Waals surface area contributed by atoms with Gasteiger partial charge in [0.1, 0.15) is 5.76 Å². The molecule has 0 aliphatic heterocycles. The molecule has 0 saturated heterocycles. The molecule has 0 spiro atoms. The first kappa shape index (κ1) is 18.2. The largest absolute Gasteiger partial charge is 0.467 e. The maximum absolute atomic E-state index is 12.6. The lowest BCUT2D eigenvalue weighted by molar-refractivity contribution is 0.351. The lowest BCUT2D eigenvalue weighted by atomic mass is 10.0. The van der Waals surface area contributed by atoms with Gasteiger partial charge in [-0.25, -0.2) is 0 Å². The van der Waals surface area contributed by atoms with E-state index in [9.17, 15) is 4.79 Å². The third-order valence-electron chi connectivity index (χ3n) is 4.44. The first-order valence-electron chi connectivity index (χ1n) is 8.66. The fourth-order valence-electron chi connectivity index (χ4n) is 2.90. The van der Waals surface area contributed by atoms with E-state index >= 15 is 0 Å². The summed E-state index contributed by atoms with van der Waals surface area (Å²) >= 11 is 5.48. The van der Waals surface area contributed by atoms with Crippen molar-refractivity contribution in [3.05, 3.63) is 69.4 Å². The lowest BCUT2D eigenvalue weighted by Crippen LogP contribution is -2.39. The van der Waals surface area contributed by atoms with Crippen molar-refractivity contribution in [2.24, 2.45) is 0 Å². The molecule has 2 aromatic heterocycles. The van der Waals surface area contributed by atoms with E-state index in [2.05, 4.69) is 23.3 Å². The van der Waals surface area contributed by atoms with Crippen LogP contribution in [0.25, 0.3) is 10.9 Å². The van der Waals surface area contributed by atoms with Crippen LogP contribution in [-0.2, 0) is 13.1 Å². The molecule has 0 saturated carbocycles. The summed E-state index contributed by atoms with van der Waals surface area (Å²) in [5, 5.41) is 4.78. The van der Waals surface area contributed by atoms with E-state index in [4.69, 9.17) is 16.6 Å². The lowest BCUT2D eigenvalue weighted by Gasteiger charge is -2.24. The van der Waals surface area contributed by atoms with Crippen molar-refractivity contribution < 1.29 is 4.42 Å². The minimum absolute atomic E-state index is 0.0931. The maximum atomic E-state index is 12.6. The fraction of sp³-hybridized carbons (Fsp3) is 0.300. The van der Waals surface area contributed by atoms with Crippen LogP contribution in [0.15, 0.2) is 45.8 Å². The van der Waals surface area contributed by atoms with Crippen LogP contribution in [0.3, 0.4) is 0 Å². The maximum Gasteiger partial charge on any atom is 0.253 e. The number of thiocarbonyl (C=S) groups is 1. The quantitative estimate of drug-likeness (QED) is 0.673. The van der Waals surface area contributed by atoms with E-state index in [1.165, 1.54) is 5.56 Å². The Hall–Kier alpha value is -2.60. The predicted molar refractivity (Wildman–Crippen MR) is 108 cm³/mol. The molecule has 5 nitrogen and oxygen atoms in total. The smallest absolute Gasteiger partial charge is 0.253 e. The number of furan rings is 1. The average molecular weight is 369 g/mol. The normalized spacial score (nSPS) is 10.9. The highest BCUT2D eigenvalue weighted by molar-refractivity contribution is 7.80. The summed E-state index contributed by atoms with van der Waals surface area (Å²) < 4.78 is 5.44. The van der Waals surface area contributed by atoms with Crippen molar-refractivity contribution in [1.82, 2.24) is 15.2 Å². The monoisotopic (exact) mass is 369 g/mol. The van der Waals surface area contributed by atoms with Crippen molar-refractivity contribution in [3.8, 4) is 0 Å². The van der Waals surface area contributed by atoms with Crippen LogP contribution in [0, 0.1) is 13.8 Å². The van der Waals surface area contributed by atoms with Gasteiger partial charge in [0.05, 0.1) is 19.4 Å². The van der Waals surface area contributed by atoms with Gasteiger partial charge < -0.3 is 19.6 Å². The summed E-state index contributed by atoms with van der Waals surface area (Å²) in [4.78, 5) is 17.5. The van der Waals surface area contributed by atoms with E-state index in [0.717, 1.165) is 28.8 Å². The van der Waals surface area contributed by atoms with Crippen molar-refractivity contribution in [1.29, 1.82) is 0 Å². The van der Waals surface area contributed by atoms with E-state index in [1.54, 1.807) is 6.26 Å². The Balaban J connectivity index is 1.94. The molecule has 0 amide bonds. The second kappa shape index (κ2) is 7.74. The van der Waals surface area contributed by atoms with Crippen molar-refractivity contribution in [3.63, 3.8) is 0 Å². The van der Waals surface area contributed by atoms with Crippen LogP contribution in [0.1, 0.15) is 29.4 Å². The molecule has 0 aliphatic carbocycles. The van der Waals surface area contributed by atoms with E-state index < -0.39 is 0 Å². The van der Waals surface area contributed by atoms with Crippen LogP contribution in [-0.4, -0.2) is 21.5 Å². The molecule has 0 fully saturated rings. The van der Waals surface area contributed by atoms with E-state index in [-0.39, 0.29) is 5.56 Å². The van der Waals surface area contributed by atoms with Gasteiger partial charge in [-0.05, 0) is 79.8 Å². The number of benzene rings is 1. The fourth-order valence-corrected chi connectivity index (χ4v) is 3.17. The average Bonchev–Trinajstić information content (AvgIpc) is 3.10. The first-order chi connectivity index (χ1) is 12.5. The SMILES string of the molecule is CCNC(=S)N(Cc1ccco1)Cc1cc2cc(C)c(C)cc2[nH]c1=O. The number of H-pyrrole nitrogens is 1. The van der Waals surface area contributed by atoms with Gasteiger partial charge in [-0.3, -0.25) is 4.79 Å². The Morgan fingerprint density at radius 2 is 2.00 bits per heavy atom. The minimum atomic E-state index is -0.0931. The summed E-state index contributed by atoms with van der Waals surface area (Å²) in [6, 6.07) is 9.81. The summed E-state index contributed by atoms with van der Waals surface area (Å²) in [7, 11) is 0. The number of pyridine rings is 1. The van der Waals surface area contributed by atoms with Gasteiger partial charge >= 0.3 is 0 Å². The van der Waals surface area contributed by atoms with Crippen molar-refractivity contribution in [2.75, 3.05) is 6.54 Å². The molecule has 2 N–H and O–H groups in total. The number of aryl methyl sites for hydroxylation is 2. The van der Waals surface area contributed by atoms with Gasteiger partial charge in [-0.15, -0.1) is 0 Å². The number of nitrogens with zero attached hydrogens (tertiary/aromatic N) is 1. The summed E-state index contributed by atoms with van der Waals surface area (Å²) in [6.45, 7) is 7.74. The molecule has 3 rings (SSSR count). The second-order valence-corrected chi connectivity index (χ2v) is 6.81. The molecule has 6 heteroatoms. The highest BCUT2D eigenvalue weighted by Gasteiger charge is 2.15. The van der Waals surface area contributed by atoms with Gasteiger partial charge in [0.25, 0.3) is 5.56 Å². The van der Waals surface area contributed by atoms with Crippen LogP contribution < -0.4 is 10.9 Å². The third kappa shape index (κ3) is 3.96. The molecule has 0 radical (unpaired) electrons. The molecule has 26 heavy (non-hydrogen) atoms. The van der Waals surface area contributed by atoms with Crippen molar-refractivity contribution >= 4 is 28.2 Å². The standard InChI is InChI=1S/C20H23N3O2S/c1-4-21-20(26)23(12-17-6-5-7-25-17)11-16-10-15-8-13(2)14(3)9-18(15)22-19(16)24/h5-10H,4,11-12H2,1-3H3,(H,21,26)(H,22,24). The molecule has 0 bridgehead atoms. The topological polar surface area (TPSA) is 61.3 Å². The summed E-state index contributed by atoms with van der Waals surface area (Å²) in [6.07, 6.45) is 1.64. The number of hydrogen-bond donors (Lipinski definition) is 2. The van der Waals surface area contributed by atoms with Gasteiger partial charge in [0, 0.05) is 17.6 Å². The molecule has 1 aromatic carbocycles. The molecule has 3 aromatic rings. The first-order valence-corrected chi connectivity index (χ1v) is 9.07. The van der Waals surface area contributed by atoms with Gasteiger partial charge in [0.15, 0.2) is 5.11 Å². The van der Waals surface area contributed by atoms with E-state index in [1.807, 2.05) is 43.0 Å². The Kier molecular flexibility index (Phi) is 5.42. The number of nitrogens with one attached hydrogen (secondary N) is 2. The summed E-state index contributed by atoms with van der Waals surface area (Å²) in [5.74, 6) is 0.800. The van der Waals surface area contributed by atoms with Gasteiger partial charge in [0.2, 0.25) is 0 Å². The third-order valence-corrected chi connectivity index (χ3v) is 4.84. The zero-order valence-corrected chi connectivity index (χ0v) is 16.1. The summed E-state index contributed by atoms with van der Waals surface area (Å²) in [5.41, 5.74) is 3.80. The molecular formula is C20H23N3O2S. The molecule has 136 valence electrons. The number of rotatable bonds is 5. The highest BCUT2D eigenvalue weighted by Crippen LogP contribution is 2.18. The van der Waals surface area contributed by atoms with Crippen LogP contribution in [0.4, 0.5) is 0 Å². The predicted octanol–water partition coefficient (Wildman–Crippen LogP) is 3.63. The molecule has 0 aliphatic rings. The van der Waals surface area contributed by atoms with Crippen LogP contribution in [0.2, 0.25) is 0 Å². The van der Waals surface area contributed by atoms with Gasteiger partial charge in [-0.1, -0.05) is 0 Å². The van der Waals surface area contributed by atoms with Crippen LogP contribution >= 0.6 is 12.2 Å². The van der Waals surface area contributed by atoms with Gasteiger partial charge in [-0.2, -0.15) is 0 Å². The zero-order valence-electron chi connectivity index (χ0n) is 15.3. The number of aromatic amines is 1. The minimum Gasteiger partial charge on any atom is -0.467 e. The second-order valence-electron chi connectivity index (χ2n) is 6.42. The Bertz CT molecular complexity index is 977. The molecule has 0 unspecified atom stereocenters. The zero-order chi connectivity index (χ0) is 18.7. The Labute approximate surface area is 158 Å². The Morgan fingerprint density at radius 1 is 1.23 bits per heavy atom. The molecular weight excluding hydrogens is 346 g/mol. The molecule has 0 atom stereocenters. The van der Waals surface area contributed by atoms with E-state index in [0.29, 0.717) is 23.8 Å². The number of fused-ring (bicyclic) bond motifs is 1. The van der Waals surface area contributed by atoms with Crippen LogP contribution in [0.5, 0.6) is 0 Å². The highest BCUT2D eigenvalue weighted by atomic mass is 32.1. The molecule has 2 heterocycles. The number of aromatic nitrogens is 1. The number of hydrogen-bond acceptors (Lipinski definition) is 3.